The number of para-hydroxylation sites is 1. The number of carboxylic acids is 1. The maximum Gasteiger partial charge on any atom is 0.309 e. The summed E-state index contributed by atoms with van der Waals surface area (Å²) in [5.74, 6) is -1.30. The van der Waals surface area contributed by atoms with Gasteiger partial charge in [-0.3, -0.25) is 9.59 Å². The molecule has 2 heterocycles. The lowest BCUT2D eigenvalue weighted by atomic mass is 10.1. The van der Waals surface area contributed by atoms with Crippen LogP contribution >= 0.6 is 11.6 Å². The Hall–Kier alpha value is -2.86. The molecule has 0 unspecified atom stereocenters. The third-order valence-electron chi connectivity index (χ3n) is 3.63. The summed E-state index contributed by atoms with van der Waals surface area (Å²) in [7, 11) is 1.87. The number of halogens is 1. The van der Waals surface area contributed by atoms with E-state index in [9.17, 15) is 9.59 Å². The van der Waals surface area contributed by atoms with Gasteiger partial charge in [0.25, 0.3) is 5.91 Å². The molecule has 0 saturated heterocycles. The van der Waals surface area contributed by atoms with Crippen molar-refractivity contribution in [2.45, 2.75) is 6.42 Å². The molecule has 0 radical (unpaired) electrons. The summed E-state index contributed by atoms with van der Waals surface area (Å²) in [5.41, 5.74) is 2.14. The second-order valence-corrected chi connectivity index (χ2v) is 5.69. The third-order valence-corrected chi connectivity index (χ3v) is 3.92. The number of amides is 1. The first-order valence-corrected chi connectivity index (χ1v) is 7.56. The molecule has 0 atom stereocenters. The molecule has 0 aliphatic carbocycles. The zero-order chi connectivity index (χ0) is 17.3. The normalized spacial score (nSPS) is 10.8. The van der Waals surface area contributed by atoms with Crippen LogP contribution in [0.25, 0.3) is 10.9 Å². The number of aliphatic carboxylic acids is 1. The highest BCUT2D eigenvalue weighted by molar-refractivity contribution is 6.32. The second kappa shape index (κ2) is 6.33. The predicted octanol–water partition coefficient (Wildman–Crippen LogP) is 3.11. The van der Waals surface area contributed by atoms with Crippen LogP contribution in [0.1, 0.15) is 16.1 Å². The van der Waals surface area contributed by atoms with Crippen LogP contribution in [0.15, 0.2) is 42.6 Å². The summed E-state index contributed by atoms with van der Waals surface area (Å²) >= 11 is 6.04. The molecule has 0 spiro atoms. The molecule has 0 aliphatic rings. The number of pyridine rings is 1. The molecule has 2 aromatic heterocycles. The van der Waals surface area contributed by atoms with Crippen molar-refractivity contribution in [3.63, 3.8) is 0 Å². The average molecular weight is 344 g/mol. The Balaban J connectivity index is 1.88. The number of rotatable bonds is 4. The van der Waals surface area contributed by atoms with E-state index in [4.69, 9.17) is 16.7 Å². The van der Waals surface area contributed by atoms with Crippen molar-refractivity contribution in [1.29, 1.82) is 0 Å². The Morgan fingerprint density at radius 1 is 1.25 bits per heavy atom. The van der Waals surface area contributed by atoms with E-state index in [1.807, 2.05) is 35.9 Å². The quantitative estimate of drug-likeness (QED) is 0.713. The molecule has 3 rings (SSSR count). The van der Waals surface area contributed by atoms with Gasteiger partial charge < -0.3 is 15.0 Å². The first kappa shape index (κ1) is 16.0. The minimum Gasteiger partial charge on any atom is -0.481 e. The summed E-state index contributed by atoms with van der Waals surface area (Å²) in [5, 5.41) is 12.4. The van der Waals surface area contributed by atoms with E-state index in [0.29, 0.717) is 16.9 Å². The highest BCUT2D eigenvalue weighted by atomic mass is 35.5. The molecule has 2 N–H and O–H groups in total. The molecule has 1 amide bonds. The SMILES string of the molecule is Cn1cc(C(=O)Nc2ccc(CC(=O)O)nc2Cl)c2ccccc21. The molecule has 1 aromatic carbocycles. The van der Waals surface area contributed by atoms with Gasteiger partial charge in [0.2, 0.25) is 0 Å². The molecule has 6 nitrogen and oxygen atoms in total. The van der Waals surface area contributed by atoms with Crippen LogP contribution in [0.5, 0.6) is 0 Å². The standard InChI is InChI=1S/C17H14ClN3O3/c1-21-9-12(11-4-2-3-5-14(11)21)17(24)20-13-7-6-10(8-15(22)23)19-16(13)18/h2-7,9H,8H2,1H3,(H,20,24)(H,22,23). The van der Waals surface area contributed by atoms with Crippen LogP contribution in [0.4, 0.5) is 5.69 Å². The predicted molar refractivity (Wildman–Crippen MR) is 91.5 cm³/mol. The zero-order valence-electron chi connectivity index (χ0n) is 12.8. The maximum atomic E-state index is 12.6. The lowest BCUT2D eigenvalue weighted by Gasteiger charge is -2.07. The molecular formula is C17H14ClN3O3. The van der Waals surface area contributed by atoms with Gasteiger partial charge in [-0.25, -0.2) is 4.98 Å². The number of hydrogen-bond acceptors (Lipinski definition) is 3. The molecule has 0 fully saturated rings. The summed E-state index contributed by atoms with van der Waals surface area (Å²) < 4.78 is 1.88. The number of hydrogen-bond donors (Lipinski definition) is 2. The third kappa shape index (κ3) is 3.09. The summed E-state index contributed by atoms with van der Waals surface area (Å²) in [6.07, 6.45) is 1.53. The Morgan fingerprint density at radius 3 is 2.71 bits per heavy atom. The van der Waals surface area contributed by atoms with Crippen LogP contribution in [-0.2, 0) is 18.3 Å². The smallest absolute Gasteiger partial charge is 0.309 e. The fourth-order valence-electron chi connectivity index (χ4n) is 2.53. The van der Waals surface area contributed by atoms with E-state index in [1.54, 1.807) is 12.3 Å². The molecule has 24 heavy (non-hydrogen) atoms. The summed E-state index contributed by atoms with van der Waals surface area (Å²) in [6.45, 7) is 0. The van der Waals surface area contributed by atoms with Crippen molar-refractivity contribution in [1.82, 2.24) is 9.55 Å². The Bertz CT molecular complexity index is 949. The van der Waals surface area contributed by atoms with E-state index >= 15 is 0 Å². The maximum absolute atomic E-state index is 12.6. The second-order valence-electron chi connectivity index (χ2n) is 5.34. The molecule has 0 bridgehead atoms. The van der Waals surface area contributed by atoms with Crippen molar-refractivity contribution in [3.8, 4) is 0 Å². The first-order valence-electron chi connectivity index (χ1n) is 7.18. The van der Waals surface area contributed by atoms with Crippen molar-refractivity contribution in [3.05, 3.63) is 59.0 Å². The Kier molecular flexibility index (Phi) is 4.22. The van der Waals surface area contributed by atoms with Gasteiger partial charge in [-0.05, 0) is 18.2 Å². The summed E-state index contributed by atoms with van der Waals surface area (Å²) in [6, 6.07) is 10.7. The van der Waals surface area contributed by atoms with Crippen molar-refractivity contribution >= 4 is 40.1 Å². The lowest BCUT2D eigenvalue weighted by molar-refractivity contribution is -0.136. The van der Waals surface area contributed by atoms with Gasteiger partial charge in [-0.2, -0.15) is 0 Å². The number of carbonyl (C=O) groups excluding carboxylic acids is 1. The number of aromatic nitrogens is 2. The number of carboxylic acid groups (broad SMARTS) is 1. The number of aryl methyl sites for hydroxylation is 1. The number of benzene rings is 1. The highest BCUT2D eigenvalue weighted by Crippen LogP contribution is 2.24. The van der Waals surface area contributed by atoms with Gasteiger partial charge in [0.1, 0.15) is 0 Å². The molecule has 0 saturated carbocycles. The number of anilines is 1. The Morgan fingerprint density at radius 2 is 2.00 bits per heavy atom. The average Bonchev–Trinajstić information content (AvgIpc) is 2.87. The van der Waals surface area contributed by atoms with Crippen LogP contribution < -0.4 is 5.32 Å². The van der Waals surface area contributed by atoms with E-state index in [2.05, 4.69) is 10.3 Å². The van der Waals surface area contributed by atoms with Crippen molar-refractivity contribution in [2.24, 2.45) is 7.05 Å². The van der Waals surface area contributed by atoms with E-state index < -0.39 is 5.97 Å². The van der Waals surface area contributed by atoms with E-state index in [1.165, 1.54) is 6.07 Å². The Labute approximate surface area is 142 Å². The minimum absolute atomic E-state index is 0.0577. The van der Waals surface area contributed by atoms with Crippen LogP contribution in [0, 0.1) is 0 Å². The molecular weight excluding hydrogens is 330 g/mol. The highest BCUT2D eigenvalue weighted by Gasteiger charge is 2.15. The fourth-order valence-corrected chi connectivity index (χ4v) is 2.75. The van der Waals surface area contributed by atoms with Gasteiger partial charge in [-0.15, -0.1) is 0 Å². The number of carbonyl (C=O) groups is 2. The fraction of sp³-hybridized carbons (Fsp3) is 0.118. The van der Waals surface area contributed by atoms with Gasteiger partial charge in [0, 0.05) is 24.1 Å². The molecule has 7 heteroatoms. The zero-order valence-corrected chi connectivity index (χ0v) is 13.5. The summed E-state index contributed by atoms with van der Waals surface area (Å²) in [4.78, 5) is 27.2. The number of nitrogens with one attached hydrogen (secondary N) is 1. The van der Waals surface area contributed by atoms with Gasteiger partial charge in [0.05, 0.1) is 23.4 Å². The van der Waals surface area contributed by atoms with Gasteiger partial charge in [0.15, 0.2) is 5.15 Å². The number of nitrogens with zero attached hydrogens (tertiary/aromatic N) is 2. The van der Waals surface area contributed by atoms with E-state index in [0.717, 1.165) is 10.9 Å². The molecule has 0 aliphatic heterocycles. The van der Waals surface area contributed by atoms with Crippen LogP contribution in [-0.4, -0.2) is 26.5 Å². The molecule has 3 aromatic rings. The van der Waals surface area contributed by atoms with Crippen LogP contribution in [0.3, 0.4) is 0 Å². The largest absolute Gasteiger partial charge is 0.481 e. The topological polar surface area (TPSA) is 84.2 Å². The van der Waals surface area contributed by atoms with Crippen molar-refractivity contribution < 1.29 is 14.7 Å². The first-order chi connectivity index (χ1) is 11.5. The number of fused-ring (bicyclic) bond motifs is 1. The lowest BCUT2D eigenvalue weighted by Crippen LogP contribution is -2.13. The van der Waals surface area contributed by atoms with Gasteiger partial charge in [-0.1, -0.05) is 29.8 Å². The minimum atomic E-state index is -0.994. The monoisotopic (exact) mass is 343 g/mol. The molecule has 122 valence electrons. The van der Waals surface area contributed by atoms with Crippen molar-refractivity contribution in [2.75, 3.05) is 5.32 Å². The van der Waals surface area contributed by atoms with Crippen LogP contribution in [0.2, 0.25) is 5.15 Å². The van der Waals surface area contributed by atoms with E-state index in [-0.39, 0.29) is 17.5 Å². The van der Waals surface area contributed by atoms with Gasteiger partial charge >= 0.3 is 5.97 Å².